The maximum atomic E-state index is 8.96. The molecule has 0 heterocycles. The highest BCUT2D eigenvalue weighted by molar-refractivity contribution is 5.98. The molecule has 74 valence electrons. The van der Waals surface area contributed by atoms with Gasteiger partial charge < -0.3 is 10.9 Å². The summed E-state index contributed by atoms with van der Waals surface area (Å²) in [6.45, 7) is 6.65. The molecule has 2 aliphatic carbocycles. The van der Waals surface area contributed by atoms with Gasteiger partial charge in [-0.15, -0.1) is 0 Å². The zero-order chi connectivity index (χ0) is 9.85. The molecule has 2 bridgehead atoms. The maximum absolute atomic E-state index is 8.96. The van der Waals surface area contributed by atoms with Crippen LogP contribution in [0.2, 0.25) is 0 Å². The third-order valence-corrected chi connectivity index (χ3v) is 4.73. The minimum Gasteiger partial charge on any atom is -0.411 e. The van der Waals surface area contributed by atoms with E-state index in [1.165, 1.54) is 6.42 Å². The number of nitrogens with two attached hydrogens (primary N) is 1. The average molecular weight is 182 g/mol. The Balaban J connectivity index is 2.52. The van der Waals surface area contributed by atoms with Gasteiger partial charge in [-0.05, 0) is 24.2 Å². The number of fused-ring (bicyclic) bond motifs is 2. The molecule has 3 nitrogen and oxygen atoms in total. The fourth-order valence-corrected chi connectivity index (χ4v) is 3.36. The number of oxime groups is 1. The van der Waals surface area contributed by atoms with Crippen molar-refractivity contribution in [2.75, 3.05) is 0 Å². The SMILES string of the molecule is CC12CCC(C(N)C1=NO)C2(C)C. The van der Waals surface area contributed by atoms with E-state index in [1.54, 1.807) is 0 Å². The Kier molecular flexibility index (Phi) is 1.57. The van der Waals surface area contributed by atoms with Gasteiger partial charge in [0, 0.05) is 5.41 Å². The summed E-state index contributed by atoms with van der Waals surface area (Å²) in [6, 6.07) is -0.0289. The summed E-state index contributed by atoms with van der Waals surface area (Å²) in [5.74, 6) is 0.489. The first kappa shape index (κ1) is 9.00. The fraction of sp³-hybridized carbons (Fsp3) is 0.900. The zero-order valence-electron chi connectivity index (χ0n) is 8.54. The van der Waals surface area contributed by atoms with E-state index in [2.05, 4.69) is 25.9 Å². The number of hydrogen-bond acceptors (Lipinski definition) is 3. The molecule has 0 radical (unpaired) electrons. The summed E-state index contributed by atoms with van der Waals surface area (Å²) >= 11 is 0. The lowest BCUT2D eigenvalue weighted by molar-refractivity contribution is 0.186. The number of rotatable bonds is 0. The van der Waals surface area contributed by atoms with E-state index >= 15 is 0 Å². The van der Waals surface area contributed by atoms with Crippen LogP contribution in [-0.2, 0) is 0 Å². The van der Waals surface area contributed by atoms with Crippen LogP contribution in [0, 0.1) is 16.7 Å². The lowest BCUT2D eigenvalue weighted by Crippen LogP contribution is -2.39. The van der Waals surface area contributed by atoms with Crippen LogP contribution in [0.4, 0.5) is 0 Å². The maximum Gasteiger partial charge on any atom is 0.0804 e. The van der Waals surface area contributed by atoms with Gasteiger partial charge in [-0.1, -0.05) is 25.9 Å². The first-order chi connectivity index (χ1) is 5.95. The summed E-state index contributed by atoms with van der Waals surface area (Å²) < 4.78 is 0. The molecule has 0 spiro atoms. The minimum absolute atomic E-state index is 0.0197. The minimum atomic E-state index is -0.0289. The van der Waals surface area contributed by atoms with E-state index in [0.717, 1.165) is 12.1 Å². The van der Waals surface area contributed by atoms with Crippen molar-refractivity contribution in [3.05, 3.63) is 0 Å². The Labute approximate surface area is 79.0 Å². The van der Waals surface area contributed by atoms with Gasteiger partial charge in [0.15, 0.2) is 0 Å². The van der Waals surface area contributed by atoms with Gasteiger partial charge in [0.05, 0.1) is 11.8 Å². The van der Waals surface area contributed by atoms with Gasteiger partial charge in [0.25, 0.3) is 0 Å². The first-order valence-corrected chi connectivity index (χ1v) is 4.93. The molecule has 3 atom stereocenters. The molecular weight excluding hydrogens is 164 g/mol. The van der Waals surface area contributed by atoms with Crippen LogP contribution in [0.3, 0.4) is 0 Å². The summed E-state index contributed by atoms with van der Waals surface area (Å²) in [5.41, 5.74) is 7.07. The monoisotopic (exact) mass is 182 g/mol. The molecule has 0 amide bonds. The summed E-state index contributed by atoms with van der Waals surface area (Å²) in [5, 5.41) is 12.4. The molecule has 0 aromatic rings. The second-order valence-electron chi connectivity index (χ2n) is 5.21. The quantitative estimate of drug-likeness (QED) is 0.441. The van der Waals surface area contributed by atoms with Crippen LogP contribution in [0.25, 0.3) is 0 Å². The molecule has 13 heavy (non-hydrogen) atoms. The van der Waals surface area contributed by atoms with Gasteiger partial charge in [-0.2, -0.15) is 0 Å². The highest BCUT2D eigenvalue weighted by atomic mass is 16.4. The third kappa shape index (κ3) is 0.766. The van der Waals surface area contributed by atoms with Crippen molar-refractivity contribution in [3.8, 4) is 0 Å². The molecular formula is C10H18N2O. The molecule has 0 saturated heterocycles. The van der Waals surface area contributed by atoms with Crippen molar-refractivity contribution < 1.29 is 5.21 Å². The van der Waals surface area contributed by atoms with Crippen LogP contribution in [-0.4, -0.2) is 17.0 Å². The molecule has 2 rings (SSSR count). The molecule has 3 unspecified atom stereocenters. The summed E-state index contributed by atoms with van der Waals surface area (Å²) in [6.07, 6.45) is 2.28. The Morgan fingerprint density at radius 2 is 2.08 bits per heavy atom. The molecule has 0 aromatic heterocycles. The van der Waals surface area contributed by atoms with Gasteiger partial charge in [0.2, 0.25) is 0 Å². The van der Waals surface area contributed by atoms with Gasteiger partial charge in [-0.25, -0.2) is 0 Å². The van der Waals surface area contributed by atoms with Crippen molar-refractivity contribution in [2.24, 2.45) is 27.6 Å². The molecule has 2 aliphatic rings. The van der Waals surface area contributed by atoms with E-state index in [4.69, 9.17) is 10.9 Å². The van der Waals surface area contributed by atoms with E-state index < -0.39 is 0 Å². The Morgan fingerprint density at radius 3 is 2.38 bits per heavy atom. The fourth-order valence-electron chi connectivity index (χ4n) is 3.36. The lowest BCUT2D eigenvalue weighted by atomic mass is 9.70. The largest absolute Gasteiger partial charge is 0.411 e. The van der Waals surface area contributed by atoms with Crippen molar-refractivity contribution in [1.82, 2.24) is 0 Å². The predicted octanol–water partition coefficient (Wildman–Crippen LogP) is 1.60. The normalized spacial score (nSPS) is 50.3. The topological polar surface area (TPSA) is 58.6 Å². The van der Waals surface area contributed by atoms with E-state index in [9.17, 15) is 0 Å². The standard InChI is InChI=1S/C10H18N2O/c1-9(2)6-4-5-10(9,3)8(12-13)7(6)11/h6-7,13H,4-5,11H2,1-3H3. The van der Waals surface area contributed by atoms with Crippen LogP contribution in [0.15, 0.2) is 5.16 Å². The van der Waals surface area contributed by atoms with Crippen LogP contribution >= 0.6 is 0 Å². The lowest BCUT2D eigenvalue weighted by Gasteiger charge is -2.33. The predicted molar refractivity (Wildman–Crippen MR) is 51.8 cm³/mol. The van der Waals surface area contributed by atoms with Gasteiger partial charge in [-0.3, -0.25) is 0 Å². The van der Waals surface area contributed by atoms with Crippen molar-refractivity contribution in [2.45, 2.75) is 39.7 Å². The second kappa shape index (κ2) is 2.27. The van der Waals surface area contributed by atoms with Crippen LogP contribution in [0.5, 0.6) is 0 Å². The van der Waals surface area contributed by atoms with Crippen molar-refractivity contribution in [1.29, 1.82) is 0 Å². The van der Waals surface area contributed by atoms with Crippen molar-refractivity contribution in [3.63, 3.8) is 0 Å². The highest BCUT2D eigenvalue weighted by Gasteiger charge is 2.64. The first-order valence-electron chi connectivity index (χ1n) is 4.93. The third-order valence-electron chi connectivity index (χ3n) is 4.73. The molecule has 2 saturated carbocycles. The molecule has 0 aromatic carbocycles. The van der Waals surface area contributed by atoms with E-state index in [0.29, 0.717) is 5.92 Å². The van der Waals surface area contributed by atoms with Crippen LogP contribution < -0.4 is 5.73 Å². The van der Waals surface area contributed by atoms with Crippen molar-refractivity contribution >= 4 is 5.71 Å². The van der Waals surface area contributed by atoms with Gasteiger partial charge in [0.1, 0.15) is 0 Å². The molecule has 3 heteroatoms. The number of nitrogens with zero attached hydrogens (tertiary/aromatic N) is 1. The smallest absolute Gasteiger partial charge is 0.0804 e. The van der Waals surface area contributed by atoms with Gasteiger partial charge >= 0.3 is 0 Å². The second-order valence-corrected chi connectivity index (χ2v) is 5.21. The van der Waals surface area contributed by atoms with Crippen LogP contribution in [0.1, 0.15) is 33.6 Å². The summed E-state index contributed by atoms with van der Waals surface area (Å²) in [7, 11) is 0. The zero-order valence-corrected chi connectivity index (χ0v) is 8.54. The Morgan fingerprint density at radius 1 is 1.46 bits per heavy atom. The van der Waals surface area contributed by atoms with E-state index in [-0.39, 0.29) is 16.9 Å². The average Bonchev–Trinajstić information content (AvgIpc) is 2.32. The highest BCUT2D eigenvalue weighted by Crippen LogP contribution is 2.63. The Bertz CT molecular complexity index is 272. The Hall–Kier alpha value is -0.570. The molecule has 0 aliphatic heterocycles. The number of hydrogen-bond donors (Lipinski definition) is 2. The summed E-state index contributed by atoms with van der Waals surface area (Å²) in [4.78, 5) is 0. The molecule has 3 N–H and O–H groups in total. The van der Waals surface area contributed by atoms with E-state index in [1.807, 2.05) is 0 Å². The molecule has 2 fully saturated rings.